The molecule has 0 N–H and O–H groups in total. The van der Waals surface area contributed by atoms with Crippen LogP contribution in [0.4, 0.5) is 0 Å². The standard InChI is InChI=1S/C31H48NO3/c1-6-8-9-10-11-12-16-21-28-22-17-18-23-30(28)35-29(7-2)25-34-31(33)26(3)32(4,5)24-27-19-14-13-15-20-27/h13-15,17-20,22-23,26,29H,6-12,16,21,24-25H2,1-5H3/q+1. The summed E-state index contributed by atoms with van der Waals surface area (Å²) in [6.07, 6.45) is 10.8. The maximum Gasteiger partial charge on any atom is 0.364 e. The molecule has 0 saturated heterocycles. The van der Waals surface area contributed by atoms with Crippen LogP contribution >= 0.6 is 0 Å². The first-order valence-corrected chi connectivity index (χ1v) is 13.6. The van der Waals surface area contributed by atoms with Gasteiger partial charge in [-0.05, 0) is 37.8 Å². The highest BCUT2D eigenvalue weighted by atomic mass is 16.6. The molecule has 4 heteroatoms. The third-order valence-electron chi connectivity index (χ3n) is 7.01. The highest BCUT2D eigenvalue weighted by Crippen LogP contribution is 2.23. The number of quaternary nitrogens is 1. The van der Waals surface area contributed by atoms with Gasteiger partial charge in [-0.25, -0.2) is 4.79 Å². The number of hydrogen-bond donors (Lipinski definition) is 0. The van der Waals surface area contributed by atoms with Crippen molar-refractivity contribution in [1.82, 2.24) is 0 Å². The van der Waals surface area contributed by atoms with E-state index < -0.39 is 0 Å². The zero-order valence-corrected chi connectivity index (χ0v) is 22.8. The van der Waals surface area contributed by atoms with E-state index >= 15 is 0 Å². The van der Waals surface area contributed by atoms with E-state index in [1.807, 2.05) is 37.3 Å². The average molecular weight is 483 g/mol. The van der Waals surface area contributed by atoms with Crippen LogP contribution in [-0.4, -0.2) is 43.3 Å². The third kappa shape index (κ3) is 10.4. The lowest BCUT2D eigenvalue weighted by Gasteiger charge is -2.34. The number of carbonyl (C=O) groups excluding carboxylic acids is 1. The zero-order chi connectivity index (χ0) is 25.5. The number of para-hydroxylation sites is 1. The molecule has 0 amide bonds. The number of hydrogen-bond acceptors (Lipinski definition) is 3. The van der Waals surface area contributed by atoms with E-state index in [1.165, 1.54) is 56.1 Å². The number of esters is 1. The van der Waals surface area contributed by atoms with Crippen molar-refractivity contribution in [3.05, 3.63) is 65.7 Å². The molecular formula is C31H48NO3+. The summed E-state index contributed by atoms with van der Waals surface area (Å²) >= 11 is 0. The Morgan fingerprint density at radius 3 is 2.17 bits per heavy atom. The molecule has 2 atom stereocenters. The van der Waals surface area contributed by atoms with Gasteiger partial charge in [0.05, 0.1) is 14.1 Å². The van der Waals surface area contributed by atoms with E-state index in [9.17, 15) is 4.79 Å². The van der Waals surface area contributed by atoms with E-state index in [1.54, 1.807) is 0 Å². The molecule has 2 aromatic rings. The quantitative estimate of drug-likeness (QED) is 0.134. The molecule has 35 heavy (non-hydrogen) atoms. The van der Waals surface area contributed by atoms with Crippen LogP contribution in [0, 0.1) is 0 Å². The van der Waals surface area contributed by atoms with Gasteiger partial charge in [0.25, 0.3) is 0 Å². The summed E-state index contributed by atoms with van der Waals surface area (Å²) in [5.41, 5.74) is 2.46. The number of nitrogens with zero attached hydrogens (tertiary/aromatic N) is 1. The summed E-state index contributed by atoms with van der Waals surface area (Å²) in [7, 11) is 4.15. The summed E-state index contributed by atoms with van der Waals surface area (Å²) in [5, 5.41) is 0. The topological polar surface area (TPSA) is 35.5 Å². The molecule has 194 valence electrons. The minimum absolute atomic E-state index is 0.147. The Bertz CT molecular complexity index is 849. The Morgan fingerprint density at radius 1 is 0.857 bits per heavy atom. The predicted molar refractivity (Wildman–Crippen MR) is 146 cm³/mol. The third-order valence-corrected chi connectivity index (χ3v) is 7.01. The first-order chi connectivity index (χ1) is 16.9. The second-order valence-corrected chi connectivity index (χ2v) is 10.4. The van der Waals surface area contributed by atoms with Crippen LogP contribution in [-0.2, 0) is 22.5 Å². The molecule has 0 fully saturated rings. The van der Waals surface area contributed by atoms with Gasteiger partial charge >= 0.3 is 5.97 Å². The van der Waals surface area contributed by atoms with Crippen molar-refractivity contribution in [1.29, 1.82) is 0 Å². The molecule has 2 aromatic carbocycles. The van der Waals surface area contributed by atoms with Crippen LogP contribution in [0.3, 0.4) is 0 Å². The van der Waals surface area contributed by atoms with Crippen molar-refractivity contribution in [3.63, 3.8) is 0 Å². The van der Waals surface area contributed by atoms with Gasteiger partial charge in [0.2, 0.25) is 0 Å². The minimum Gasteiger partial charge on any atom is -0.487 e. The van der Waals surface area contributed by atoms with Gasteiger partial charge in [0.15, 0.2) is 6.04 Å². The maximum atomic E-state index is 12.9. The van der Waals surface area contributed by atoms with Crippen molar-refractivity contribution < 1.29 is 18.8 Å². The first kappa shape index (κ1) is 28.9. The molecule has 0 spiro atoms. The molecule has 2 rings (SSSR count). The molecule has 0 heterocycles. The molecule has 4 nitrogen and oxygen atoms in total. The second kappa shape index (κ2) is 15.6. The number of aryl methyl sites for hydroxylation is 1. The van der Waals surface area contributed by atoms with Gasteiger partial charge in [0.1, 0.15) is 25.0 Å². The zero-order valence-electron chi connectivity index (χ0n) is 22.8. The number of rotatable bonds is 17. The summed E-state index contributed by atoms with van der Waals surface area (Å²) in [6, 6.07) is 18.3. The van der Waals surface area contributed by atoms with Gasteiger partial charge < -0.3 is 14.0 Å². The smallest absolute Gasteiger partial charge is 0.364 e. The van der Waals surface area contributed by atoms with Crippen molar-refractivity contribution in [3.8, 4) is 5.75 Å². The van der Waals surface area contributed by atoms with Crippen LogP contribution in [0.5, 0.6) is 5.75 Å². The Morgan fingerprint density at radius 2 is 1.49 bits per heavy atom. The molecule has 0 aliphatic heterocycles. The number of likely N-dealkylation sites (N-methyl/N-ethyl adjacent to an activating group) is 1. The van der Waals surface area contributed by atoms with Gasteiger partial charge in [-0.1, -0.05) is 101 Å². The van der Waals surface area contributed by atoms with Gasteiger partial charge in [-0.15, -0.1) is 0 Å². The summed E-state index contributed by atoms with van der Waals surface area (Å²) < 4.78 is 12.6. The molecule has 0 aliphatic rings. The lowest BCUT2D eigenvalue weighted by atomic mass is 10.0. The molecule has 0 saturated carbocycles. The van der Waals surface area contributed by atoms with Crippen molar-refractivity contribution in [2.24, 2.45) is 0 Å². The number of unbranched alkanes of at least 4 members (excludes halogenated alkanes) is 6. The van der Waals surface area contributed by atoms with E-state index in [4.69, 9.17) is 9.47 Å². The number of ether oxygens (including phenoxy) is 2. The van der Waals surface area contributed by atoms with Crippen LogP contribution < -0.4 is 4.74 Å². The van der Waals surface area contributed by atoms with E-state index in [0.29, 0.717) is 4.48 Å². The highest BCUT2D eigenvalue weighted by Gasteiger charge is 2.32. The van der Waals surface area contributed by atoms with Crippen molar-refractivity contribution in [2.45, 2.75) is 97.2 Å². The fourth-order valence-corrected chi connectivity index (χ4v) is 4.28. The predicted octanol–water partition coefficient (Wildman–Crippen LogP) is 7.35. The van der Waals surface area contributed by atoms with Crippen LogP contribution in [0.15, 0.2) is 54.6 Å². The molecule has 0 bridgehead atoms. The fraction of sp³-hybridized carbons (Fsp3) is 0.581. The van der Waals surface area contributed by atoms with E-state index in [-0.39, 0.29) is 24.7 Å². The maximum absolute atomic E-state index is 12.9. The van der Waals surface area contributed by atoms with Gasteiger partial charge in [-0.2, -0.15) is 0 Å². The fourth-order valence-electron chi connectivity index (χ4n) is 4.28. The SMILES string of the molecule is CCCCCCCCCc1ccccc1OC(CC)COC(=O)C(C)[N+](C)(C)Cc1ccccc1. The van der Waals surface area contributed by atoms with Crippen molar-refractivity contribution >= 4 is 5.97 Å². The van der Waals surface area contributed by atoms with Crippen molar-refractivity contribution in [2.75, 3.05) is 20.7 Å². The summed E-state index contributed by atoms with van der Waals surface area (Å²) in [5.74, 6) is 0.749. The summed E-state index contributed by atoms with van der Waals surface area (Å²) in [4.78, 5) is 12.9. The molecule has 0 aromatic heterocycles. The molecule has 0 radical (unpaired) electrons. The number of benzene rings is 2. The largest absolute Gasteiger partial charge is 0.487 e. The van der Waals surface area contributed by atoms with Crippen LogP contribution in [0.2, 0.25) is 0 Å². The first-order valence-electron chi connectivity index (χ1n) is 13.6. The minimum atomic E-state index is -0.266. The molecule has 0 aliphatic carbocycles. The number of carbonyl (C=O) groups is 1. The lowest BCUT2D eigenvalue weighted by Crippen LogP contribution is -2.51. The normalized spacial score (nSPS) is 13.3. The Labute approximate surface area is 214 Å². The van der Waals surface area contributed by atoms with Gasteiger partial charge in [-0.3, -0.25) is 0 Å². The van der Waals surface area contributed by atoms with Crippen LogP contribution in [0.1, 0.15) is 83.3 Å². The monoisotopic (exact) mass is 482 g/mol. The van der Waals surface area contributed by atoms with Gasteiger partial charge in [0, 0.05) is 5.56 Å². The average Bonchev–Trinajstić information content (AvgIpc) is 2.86. The Hall–Kier alpha value is -2.33. The Balaban J connectivity index is 1.84. The lowest BCUT2D eigenvalue weighted by molar-refractivity contribution is -0.917. The van der Waals surface area contributed by atoms with Crippen LogP contribution in [0.25, 0.3) is 0 Å². The highest BCUT2D eigenvalue weighted by molar-refractivity contribution is 5.74. The molecule has 2 unspecified atom stereocenters. The van der Waals surface area contributed by atoms with E-state index in [0.717, 1.165) is 25.1 Å². The second-order valence-electron chi connectivity index (χ2n) is 10.4. The van der Waals surface area contributed by atoms with E-state index in [2.05, 4.69) is 52.2 Å². The Kier molecular flexibility index (Phi) is 12.9. The molecular weight excluding hydrogens is 434 g/mol. The summed E-state index contributed by atoms with van der Waals surface area (Å²) in [6.45, 7) is 7.34.